The number of aromatic nitrogens is 1. The highest BCUT2D eigenvalue weighted by atomic mass is 32.1. The van der Waals surface area contributed by atoms with Crippen LogP contribution in [0.15, 0.2) is 41.8 Å². The molecule has 0 fully saturated rings. The molecule has 3 aromatic rings. The molecule has 2 aromatic heterocycles. The first kappa shape index (κ1) is 18.2. The molecule has 0 atom stereocenters. The summed E-state index contributed by atoms with van der Waals surface area (Å²) in [5.74, 6) is -0.461. The Hall–Kier alpha value is -2.60. The summed E-state index contributed by atoms with van der Waals surface area (Å²) in [4.78, 5) is 28.0. The lowest BCUT2D eigenvalue weighted by molar-refractivity contribution is -0.119. The Morgan fingerprint density at radius 1 is 1.19 bits per heavy atom. The number of carbonyl (C=O) groups excluding carboxylic acids is 2. The van der Waals surface area contributed by atoms with Crippen LogP contribution in [0.25, 0.3) is 10.2 Å². The summed E-state index contributed by atoms with van der Waals surface area (Å²) in [6.45, 7) is 6.68. The summed E-state index contributed by atoms with van der Waals surface area (Å²) in [7, 11) is 0. The SMILES string of the molecule is CCOC(=O)c1cc2ccsc2n1CC(=O)N(CC)c1cccc(C)c1. The Morgan fingerprint density at radius 3 is 2.69 bits per heavy atom. The van der Waals surface area contributed by atoms with E-state index in [9.17, 15) is 9.59 Å². The van der Waals surface area contributed by atoms with Gasteiger partial charge < -0.3 is 14.2 Å². The predicted molar refractivity (Wildman–Crippen MR) is 105 cm³/mol. The Balaban J connectivity index is 1.94. The van der Waals surface area contributed by atoms with Gasteiger partial charge in [0.25, 0.3) is 0 Å². The maximum atomic E-state index is 13.0. The number of nitrogens with zero attached hydrogens (tertiary/aromatic N) is 2. The second-order valence-electron chi connectivity index (χ2n) is 5.99. The molecule has 0 N–H and O–H groups in total. The highest BCUT2D eigenvalue weighted by Gasteiger charge is 2.22. The second kappa shape index (κ2) is 7.74. The number of thiophene rings is 1. The van der Waals surface area contributed by atoms with Crippen molar-refractivity contribution in [2.45, 2.75) is 27.3 Å². The molecular formula is C20H22N2O3S. The van der Waals surface area contributed by atoms with E-state index < -0.39 is 5.97 Å². The third-order valence-corrected chi connectivity index (χ3v) is 5.16. The van der Waals surface area contributed by atoms with Crippen LogP contribution in [0.3, 0.4) is 0 Å². The molecule has 2 heterocycles. The summed E-state index contributed by atoms with van der Waals surface area (Å²) in [6.07, 6.45) is 0. The number of fused-ring (bicyclic) bond motifs is 1. The zero-order chi connectivity index (χ0) is 18.7. The van der Waals surface area contributed by atoms with Crippen molar-refractivity contribution in [1.29, 1.82) is 0 Å². The number of hydrogen-bond acceptors (Lipinski definition) is 4. The highest BCUT2D eigenvalue weighted by molar-refractivity contribution is 7.16. The molecule has 0 aliphatic carbocycles. The quantitative estimate of drug-likeness (QED) is 0.610. The minimum Gasteiger partial charge on any atom is -0.461 e. The van der Waals surface area contributed by atoms with Crippen LogP contribution in [0, 0.1) is 6.92 Å². The van der Waals surface area contributed by atoms with Crippen LogP contribution in [0.5, 0.6) is 0 Å². The maximum absolute atomic E-state index is 13.0. The van der Waals surface area contributed by atoms with Crippen LogP contribution in [0.2, 0.25) is 0 Å². The fraction of sp³-hybridized carbons (Fsp3) is 0.300. The molecule has 1 aromatic carbocycles. The van der Waals surface area contributed by atoms with Gasteiger partial charge in [-0.2, -0.15) is 0 Å². The van der Waals surface area contributed by atoms with Gasteiger partial charge >= 0.3 is 5.97 Å². The van der Waals surface area contributed by atoms with Crippen molar-refractivity contribution < 1.29 is 14.3 Å². The number of ether oxygens (including phenoxy) is 1. The third-order valence-electron chi connectivity index (χ3n) is 4.21. The Bertz CT molecular complexity index is 942. The third kappa shape index (κ3) is 3.51. The molecule has 0 bridgehead atoms. The van der Waals surface area contributed by atoms with Crippen LogP contribution >= 0.6 is 11.3 Å². The molecule has 3 rings (SSSR count). The molecule has 0 saturated carbocycles. The summed E-state index contributed by atoms with van der Waals surface area (Å²) < 4.78 is 6.92. The van der Waals surface area contributed by atoms with Gasteiger partial charge in [0.05, 0.1) is 6.61 Å². The zero-order valence-electron chi connectivity index (χ0n) is 15.2. The molecule has 0 radical (unpaired) electrons. The number of likely N-dealkylation sites (N-methyl/N-ethyl adjacent to an activating group) is 1. The van der Waals surface area contributed by atoms with E-state index in [1.54, 1.807) is 22.5 Å². The molecule has 0 saturated heterocycles. The average molecular weight is 370 g/mol. The van der Waals surface area contributed by atoms with Gasteiger partial charge in [0.2, 0.25) is 5.91 Å². The largest absolute Gasteiger partial charge is 0.461 e. The van der Waals surface area contributed by atoms with E-state index in [4.69, 9.17) is 4.74 Å². The Kier molecular flexibility index (Phi) is 5.42. The van der Waals surface area contributed by atoms with Crippen molar-refractivity contribution in [2.75, 3.05) is 18.1 Å². The molecule has 5 nitrogen and oxygen atoms in total. The standard InChI is InChI=1S/C20H22N2O3S/c1-4-21(16-8-6-7-14(3)11-16)18(23)13-22-17(20(24)25-5-2)12-15-9-10-26-19(15)22/h6-12H,4-5,13H2,1-3H3. The summed E-state index contributed by atoms with van der Waals surface area (Å²) in [6, 6.07) is 11.6. The lowest BCUT2D eigenvalue weighted by Crippen LogP contribution is -2.34. The molecule has 0 unspecified atom stereocenters. The molecule has 1 amide bonds. The van der Waals surface area contributed by atoms with Gasteiger partial charge in [-0.15, -0.1) is 11.3 Å². The van der Waals surface area contributed by atoms with Crippen molar-refractivity contribution in [3.05, 3.63) is 53.0 Å². The van der Waals surface area contributed by atoms with Gasteiger partial charge in [0.15, 0.2) is 0 Å². The van der Waals surface area contributed by atoms with Crippen molar-refractivity contribution in [1.82, 2.24) is 4.57 Å². The van der Waals surface area contributed by atoms with E-state index in [0.717, 1.165) is 21.5 Å². The van der Waals surface area contributed by atoms with Crippen LogP contribution in [0.1, 0.15) is 29.9 Å². The van der Waals surface area contributed by atoms with Gasteiger partial charge in [0, 0.05) is 17.6 Å². The van der Waals surface area contributed by atoms with Gasteiger partial charge in [-0.1, -0.05) is 12.1 Å². The monoisotopic (exact) mass is 370 g/mol. The normalized spacial score (nSPS) is 10.9. The predicted octanol–water partition coefficient (Wildman–Crippen LogP) is 4.24. The minimum atomic E-state index is -0.401. The summed E-state index contributed by atoms with van der Waals surface area (Å²) in [5, 5.41) is 2.91. The number of benzene rings is 1. The number of aryl methyl sites for hydroxylation is 1. The van der Waals surface area contributed by atoms with E-state index in [0.29, 0.717) is 18.8 Å². The van der Waals surface area contributed by atoms with Crippen molar-refractivity contribution >= 4 is 39.1 Å². The average Bonchev–Trinajstić information content (AvgIpc) is 3.18. The molecular weight excluding hydrogens is 348 g/mol. The topological polar surface area (TPSA) is 51.5 Å². The second-order valence-corrected chi connectivity index (χ2v) is 6.89. The van der Waals surface area contributed by atoms with Gasteiger partial charge in [0.1, 0.15) is 17.1 Å². The van der Waals surface area contributed by atoms with Crippen molar-refractivity contribution in [3.63, 3.8) is 0 Å². The highest BCUT2D eigenvalue weighted by Crippen LogP contribution is 2.26. The van der Waals surface area contributed by atoms with E-state index in [1.807, 2.05) is 49.6 Å². The molecule has 136 valence electrons. The van der Waals surface area contributed by atoms with Crippen LogP contribution in [0.4, 0.5) is 5.69 Å². The van der Waals surface area contributed by atoms with Crippen molar-refractivity contribution in [2.24, 2.45) is 0 Å². The Labute approximate surface area is 156 Å². The Morgan fingerprint density at radius 2 is 2.00 bits per heavy atom. The fourth-order valence-electron chi connectivity index (χ4n) is 3.03. The lowest BCUT2D eigenvalue weighted by atomic mass is 10.2. The number of esters is 1. The molecule has 26 heavy (non-hydrogen) atoms. The van der Waals surface area contributed by atoms with Gasteiger partial charge in [-0.3, -0.25) is 4.79 Å². The van der Waals surface area contributed by atoms with Gasteiger partial charge in [-0.25, -0.2) is 4.79 Å². The van der Waals surface area contributed by atoms with E-state index in [2.05, 4.69) is 0 Å². The first-order chi connectivity index (χ1) is 12.5. The molecule has 0 aliphatic rings. The molecule has 0 spiro atoms. The number of hydrogen-bond donors (Lipinski definition) is 0. The lowest BCUT2D eigenvalue weighted by Gasteiger charge is -2.22. The number of carbonyl (C=O) groups is 2. The maximum Gasteiger partial charge on any atom is 0.355 e. The first-order valence-corrected chi connectivity index (χ1v) is 9.54. The van der Waals surface area contributed by atoms with E-state index >= 15 is 0 Å². The van der Waals surface area contributed by atoms with Crippen LogP contribution < -0.4 is 4.90 Å². The molecule has 0 aliphatic heterocycles. The van der Waals surface area contributed by atoms with Gasteiger partial charge in [-0.05, 0) is 56.0 Å². The minimum absolute atomic E-state index is 0.0606. The summed E-state index contributed by atoms with van der Waals surface area (Å²) in [5.41, 5.74) is 2.38. The number of anilines is 1. The first-order valence-electron chi connectivity index (χ1n) is 8.66. The number of amides is 1. The van der Waals surface area contributed by atoms with Crippen LogP contribution in [-0.2, 0) is 16.1 Å². The fourth-order valence-corrected chi connectivity index (χ4v) is 3.92. The van der Waals surface area contributed by atoms with Crippen LogP contribution in [-0.4, -0.2) is 29.6 Å². The smallest absolute Gasteiger partial charge is 0.355 e. The zero-order valence-corrected chi connectivity index (χ0v) is 16.0. The molecule has 6 heteroatoms. The van der Waals surface area contributed by atoms with E-state index in [-0.39, 0.29) is 12.5 Å². The van der Waals surface area contributed by atoms with E-state index in [1.165, 1.54) is 11.3 Å². The van der Waals surface area contributed by atoms with Crippen molar-refractivity contribution in [3.8, 4) is 0 Å². The number of rotatable bonds is 6. The summed E-state index contributed by atoms with van der Waals surface area (Å²) >= 11 is 1.51.